The fraction of sp³-hybridized carbons (Fsp3) is 0.615. The first kappa shape index (κ1) is 12.1. The van der Waals surface area contributed by atoms with E-state index >= 15 is 0 Å². The first-order valence-electron chi connectivity index (χ1n) is 6.43. The highest BCUT2D eigenvalue weighted by Gasteiger charge is 2.39. The Morgan fingerprint density at radius 2 is 2.06 bits per heavy atom. The lowest BCUT2D eigenvalue weighted by atomic mass is 10.0. The van der Waals surface area contributed by atoms with E-state index in [1.807, 2.05) is 0 Å². The van der Waals surface area contributed by atoms with Gasteiger partial charge in [-0.05, 0) is 32.7 Å². The Kier molecular flexibility index (Phi) is 3.08. The lowest BCUT2D eigenvalue weighted by Crippen LogP contribution is -2.43. The van der Waals surface area contributed by atoms with E-state index in [9.17, 15) is 0 Å². The van der Waals surface area contributed by atoms with E-state index < -0.39 is 0 Å². The molecule has 3 rings (SSSR count). The Bertz CT molecular complexity index is 440. The number of pyridine rings is 1. The zero-order valence-corrected chi connectivity index (χ0v) is 11.2. The Morgan fingerprint density at radius 3 is 2.72 bits per heavy atom. The summed E-state index contributed by atoms with van der Waals surface area (Å²) in [6.45, 7) is 0. The maximum absolute atomic E-state index is 6.08. The van der Waals surface area contributed by atoms with Gasteiger partial charge in [0.25, 0.3) is 0 Å². The fourth-order valence-corrected chi connectivity index (χ4v) is 3.31. The molecule has 0 saturated carbocycles. The van der Waals surface area contributed by atoms with Crippen LogP contribution in [0.5, 0.6) is 5.75 Å². The Hall–Kier alpha value is -1.00. The zero-order chi connectivity index (χ0) is 12.7. The van der Waals surface area contributed by atoms with Crippen LogP contribution in [0.4, 0.5) is 5.82 Å². The van der Waals surface area contributed by atoms with E-state index in [0.29, 0.717) is 28.7 Å². The van der Waals surface area contributed by atoms with Gasteiger partial charge >= 0.3 is 0 Å². The SMILES string of the molecule is CN1C2CCC1CC(Oc1cc(N)ncc1Cl)C2. The third-order valence-corrected chi connectivity index (χ3v) is 4.47. The van der Waals surface area contributed by atoms with E-state index in [1.165, 1.54) is 12.8 Å². The van der Waals surface area contributed by atoms with Crippen LogP contribution in [-0.2, 0) is 0 Å². The lowest BCUT2D eigenvalue weighted by molar-refractivity contribution is 0.0662. The topological polar surface area (TPSA) is 51.4 Å². The molecule has 2 fully saturated rings. The molecule has 3 heterocycles. The molecule has 2 saturated heterocycles. The number of fused-ring (bicyclic) bond motifs is 2. The molecule has 5 heteroatoms. The van der Waals surface area contributed by atoms with Gasteiger partial charge in [-0.1, -0.05) is 11.6 Å². The summed E-state index contributed by atoms with van der Waals surface area (Å²) < 4.78 is 6.02. The standard InChI is InChI=1S/C13H18ClN3O/c1-17-8-2-3-9(17)5-10(4-8)18-12-6-13(15)16-7-11(12)14/h6-10H,2-5H2,1H3,(H2,15,16). The number of ether oxygens (including phenoxy) is 1. The summed E-state index contributed by atoms with van der Waals surface area (Å²) in [5.74, 6) is 1.11. The van der Waals surface area contributed by atoms with Crippen molar-refractivity contribution in [3.05, 3.63) is 17.3 Å². The maximum Gasteiger partial charge on any atom is 0.143 e. The smallest absolute Gasteiger partial charge is 0.143 e. The average Bonchev–Trinajstić information content (AvgIpc) is 2.58. The number of hydrogen-bond donors (Lipinski definition) is 1. The van der Waals surface area contributed by atoms with Crippen LogP contribution in [0.2, 0.25) is 5.02 Å². The molecule has 0 aliphatic carbocycles. The first-order valence-corrected chi connectivity index (χ1v) is 6.81. The summed E-state index contributed by atoms with van der Waals surface area (Å²) in [5.41, 5.74) is 5.66. The molecule has 0 radical (unpaired) electrons. The molecule has 2 atom stereocenters. The molecule has 2 bridgehead atoms. The van der Waals surface area contributed by atoms with Gasteiger partial charge in [-0.15, -0.1) is 0 Å². The van der Waals surface area contributed by atoms with Gasteiger partial charge in [0.2, 0.25) is 0 Å². The summed E-state index contributed by atoms with van der Waals surface area (Å²) in [6.07, 6.45) is 6.52. The predicted octanol–water partition coefficient (Wildman–Crippen LogP) is 2.32. The van der Waals surface area contributed by atoms with Crippen LogP contribution in [0, 0.1) is 0 Å². The average molecular weight is 268 g/mol. The van der Waals surface area contributed by atoms with Gasteiger partial charge in [0.15, 0.2) is 0 Å². The van der Waals surface area contributed by atoms with Gasteiger partial charge in [0.1, 0.15) is 22.7 Å². The highest BCUT2D eigenvalue weighted by molar-refractivity contribution is 6.31. The molecule has 98 valence electrons. The van der Waals surface area contributed by atoms with Crippen molar-refractivity contribution < 1.29 is 4.74 Å². The monoisotopic (exact) mass is 267 g/mol. The number of rotatable bonds is 2. The minimum Gasteiger partial charge on any atom is -0.489 e. The van der Waals surface area contributed by atoms with Crippen molar-refractivity contribution in [3.63, 3.8) is 0 Å². The number of aromatic nitrogens is 1. The summed E-state index contributed by atoms with van der Waals surface area (Å²) in [5, 5.41) is 0.537. The number of nitrogens with two attached hydrogens (primary N) is 1. The van der Waals surface area contributed by atoms with Crippen molar-refractivity contribution in [2.24, 2.45) is 0 Å². The van der Waals surface area contributed by atoms with Crippen molar-refractivity contribution >= 4 is 17.4 Å². The molecule has 0 aromatic carbocycles. The second-order valence-electron chi connectivity index (χ2n) is 5.30. The summed E-state index contributed by atoms with van der Waals surface area (Å²) in [7, 11) is 2.22. The van der Waals surface area contributed by atoms with Crippen molar-refractivity contribution in [1.82, 2.24) is 9.88 Å². The van der Waals surface area contributed by atoms with Crippen LogP contribution < -0.4 is 10.5 Å². The maximum atomic E-state index is 6.08. The number of hydrogen-bond acceptors (Lipinski definition) is 4. The quantitative estimate of drug-likeness (QED) is 0.894. The number of halogens is 1. The number of anilines is 1. The van der Waals surface area contributed by atoms with Crippen molar-refractivity contribution in [2.45, 2.75) is 43.9 Å². The minimum atomic E-state index is 0.248. The third kappa shape index (κ3) is 2.15. The first-order chi connectivity index (χ1) is 8.63. The van der Waals surface area contributed by atoms with Gasteiger partial charge in [0.05, 0.1) is 6.20 Å². The van der Waals surface area contributed by atoms with Crippen molar-refractivity contribution in [2.75, 3.05) is 12.8 Å². The van der Waals surface area contributed by atoms with E-state index in [-0.39, 0.29) is 6.10 Å². The molecule has 4 nitrogen and oxygen atoms in total. The van der Waals surface area contributed by atoms with E-state index in [1.54, 1.807) is 12.3 Å². The highest BCUT2D eigenvalue weighted by Crippen LogP contribution is 2.37. The third-order valence-electron chi connectivity index (χ3n) is 4.19. The van der Waals surface area contributed by atoms with Gasteiger partial charge in [-0.25, -0.2) is 4.98 Å². The molecule has 18 heavy (non-hydrogen) atoms. The normalized spacial score (nSPS) is 31.6. The van der Waals surface area contributed by atoms with Crippen LogP contribution in [0.25, 0.3) is 0 Å². The van der Waals surface area contributed by atoms with E-state index in [2.05, 4.69) is 16.9 Å². The summed E-state index contributed by atoms with van der Waals surface area (Å²) >= 11 is 6.08. The van der Waals surface area contributed by atoms with Gasteiger partial charge < -0.3 is 15.4 Å². The molecule has 1 aromatic heterocycles. The largest absolute Gasteiger partial charge is 0.489 e. The van der Waals surface area contributed by atoms with Crippen molar-refractivity contribution in [1.29, 1.82) is 0 Å². The minimum absolute atomic E-state index is 0.248. The molecule has 2 unspecified atom stereocenters. The van der Waals surface area contributed by atoms with Crippen LogP contribution >= 0.6 is 11.6 Å². The lowest BCUT2D eigenvalue weighted by Gasteiger charge is -2.36. The molecular formula is C13H18ClN3O. The Morgan fingerprint density at radius 1 is 1.39 bits per heavy atom. The number of nitrogen functional groups attached to an aromatic ring is 1. The molecular weight excluding hydrogens is 250 g/mol. The number of nitrogens with zero attached hydrogens (tertiary/aromatic N) is 2. The van der Waals surface area contributed by atoms with Crippen LogP contribution in [0.3, 0.4) is 0 Å². The molecule has 2 aliphatic heterocycles. The van der Waals surface area contributed by atoms with Crippen LogP contribution in [-0.4, -0.2) is 35.1 Å². The van der Waals surface area contributed by atoms with Gasteiger partial charge in [-0.2, -0.15) is 0 Å². The van der Waals surface area contributed by atoms with E-state index in [0.717, 1.165) is 12.8 Å². The summed E-state index contributed by atoms with van der Waals surface area (Å²) in [4.78, 5) is 6.43. The van der Waals surface area contributed by atoms with Gasteiger partial charge in [0, 0.05) is 18.2 Å². The Labute approximate surface area is 112 Å². The molecule has 2 N–H and O–H groups in total. The molecule has 0 amide bonds. The second-order valence-corrected chi connectivity index (χ2v) is 5.71. The summed E-state index contributed by atoms with van der Waals surface area (Å²) in [6, 6.07) is 3.03. The zero-order valence-electron chi connectivity index (χ0n) is 10.5. The van der Waals surface area contributed by atoms with Crippen molar-refractivity contribution in [3.8, 4) is 5.75 Å². The molecule has 1 aromatic rings. The molecule has 2 aliphatic rings. The van der Waals surface area contributed by atoms with Crippen LogP contribution in [0.1, 0.15) is 25.7 Å². The second kappa shape index (κ2) is 4.59. The van der Waals surface area contributed by atoms with Gasteiger partial charge in [-0.3, -0.25) is 0 Å². The highest BCUT2D eigenvalue weighted by atomic mass is 35.5. The Balaban J connectivity index is 1.72. The van der Waals surface area contributed by atoms with Crippen LogP contribution in [0.15, 0.2) is 12.3 Å². The fourth-order valence-electron chi connectivity index (χ4n) is 3.16. The molecule has 0 spiro atoms. The van der Waals surface area contributed by atoms with E-state index in [4.69, 9.17) is 22.1 Å². The predicted molar refractivity (Wildman–Crippen MR) is 71.9 cm³/mol. The number of piperidine rings is 1.